The zero-order chi connectivity index (χ0) is 18.8. The Balaban J connectivity index is 1.34. The first-order valence-electron chi connectivity index (χ1n) is 9.46. The summed E-state index contributed by atoms with van der Waals surface area (Å²) in [6.07, 6.45) is 6.52. The largest absolute Gasteiger partial charge is 0.490 e. The summed E-state index contributed by atoms with van der Waals surface area (Å²) in [6, 6.07) is 12.6. The van der Waals surface area contributed by atoms with E-state index in [9.17, 15) is 4.79 Å². The van der Waals surface area contributed by atoms with Gasteiger partial charge in [0.05, 0.1) is 5.56 Å². The number of nitrogens with one attached hydrogen (secondary N) is 1. The van der Waals surface area contributed by atoms with Crippen molar-refractivity contribution in [1.29, 1.82) is 0 Å². The third-order valence-corrected chi connectivity index (χ3v) is 5.92. The quantitative estimate of drug-likeness (QED) is 0.798. The smallest absolute Gasteiger partial charge is 0.253 e. The van der Waals surface area contributed by atoms with Crippen molar-refractivity contribution in [2.45, 2.75) is 50.4 Å². The molecule has 0 saturated carbocycles. The Bertz CT molecular complexity index is 797. The molecule has 142 valence electrons. The number of aromatic nitrogens is 1. The molecule has 0 radical (unpaired) electrons. The third-order valence-electron chi connectivity index (χ3n) is 5.70. The third kappa shape index (κ3) is 4.25. The molecule has 6 heteroatoms. The Labute approximate surface area is 164 Å². The van der Waals surface area contributed by atoms with E-state index < -0.39 is 0 Å². The zero-order valence-electron chi connectivity index (χ0n) is 15.4. The van der Waals surface area contributed by atoms with E-state index >= 15 is 0 Å². The average Bonchev–Trinajstić information content (AvgIpc) is 2.88. The van der Waals surface area contributed by atoms with Gasteiger partial charge in [-0.15, -0.1) is 0 Å². The van der Waals surface area contributed by atoms with Crippen LogP contribution in [0.4, 0.5) is 0 Å². The molecule has 2 bridgehead atoms. The molecule has 1 N–H and O–H groups in total. The lowest BCUT2D eigenvalue weighted by Crippen LogP contribution is -2.43. The van der Waals surface area contributed by atoms with Gasteiger partial charge in [0.2, 0.25) is 0 Å². The molecular weight excluding hydrogens is 362 g/mol. The summed E-state index contributed by atoms with van der Waals surface area (Å²) in [4.78, 5) is 18.7. The number of hydrogen-bond acceptors (Lipinski definition) is 4. The summed E-state index contributed by atoms with van der Waals surface area (Å²) in [5, 5.41) is 3.29. The summed E-state index contributed by atoms with van der Waals surface area (Å²) in [5.74, 6) is 0.709. The number of ether oxygens (including phenoxy) is 1. The number of benzene rings is 1. The first kappa shape index (κ1) is 18.3. The molecule has 1 amide bonds. The van der Waals surface area contributed by atoms with E-state index in [4.69, 9.17) is 16.3 Å². The highest BCUT2D eigenvalue weighted by molar-refractivity contribution is 6.29. The van der Waals surface area contributed by atoms with E-state index in [2.05, 4.69) is 22.2 Å². The van der Waals surface area contributed by atoms with Gasteiger partial charge in [0.1, 0.15) is 17.0 Å². The Hall–Kier alpha value is -2.11. The second-order valence-corrected chi connectivity index (χ2v) is 7.85. The molecular formula is C21H24ClN3O2. The van der Waals surface area contributed by atoms with Crippen LogP contribution in [0, 0.1) is 0 Å². The molecule has 2 aromatic rings. The first-order chi connectivity index (χ1) is 13.1. The summed E-state index contributed by atoms with van der Waals surface area (Å²) < 4.78 is 6.27. The monoisotopic (exact) mass is 385 g/mol. The lowest BCUT2D eigenvalue weighted by molar-refractivity contribution is 0.0661. The average molecular weight is 386 g/mol. The van der Waals surface area contributed by atoms with Gasteiger partial charge in [0, 0.05) is 24.8 Å². The molecule has 1 aromatic heterocycles. The van der Waals surface area contributed by atoms with Crippen molar-refractivity contribution in [3.05, 3.63) is 58.9 Å². The van der Waals surface area contributed by atoms with Gasteiger partial charge >= 0.3 is 0 Å². The van der Waals surface area contributed by atoms with Crippen molar-refractivity contribution < 1.29 is 9.53 Å². The summed E-state index contributed by atoms with van der Waals surface area (Å²) in [6.45, 7) is 0.442. The molecule has 27 heavy (non-hydrogen) atoms. The summed E-state index contributed by atoms with van der Waals surface area (Å²) >= 11 is 5.76. The maximum absolute atomic E-state index is 12.2. The zero-order valence-corrected chi connectivity index (χ0v) is 16.2. The second-order valence-electron chi connectivity index (χ2n) is 7.46. The number of piperidine rings is 1. The van der Waals surface area contributed by atoms with Gasteiger partial charge in [0.25, 0.3) is 5.91 Å². The molecule has 1 aromatic carbocycles. The predicted molar refractivity (Wildman–Crippen MR) is 105 cm³/mol. The van der Waals surface area contributed by atoms with E-state index in [1.165, 1.54) is 19.0 Å². The standard InChI is InChI=1S/C21H24ClN3O2/c1-25-16-6-7-17(25)11-19(10-16)27-18-4-2-3-14(9-18)12-24-21(26)15-5-8-20(22)23-13-15/h2-5,8-9,13,16-17,19H,6-7,10-12H2,1H3,(H,24,26)/t16-,17-/m0/s1. The molecule has 4 rings (SSSR count). The van der Waals surface area contributed by atoms with E-state index in [0.717, 1.165) is 24.2 Å². The number of nitrogens with zero attached hydrogens (tertiary/aromatic N) is 2. The van der Waals surface area contributed by atoms with Gasteiger partial charge in [-0.1, -0.05) is 23.7 Å². The van der Waals surface area contributed by atoms with E-state index in [0.29, 0.717) is 29.3 Å². The van der Waals surface area contributed by atoms with Gasteiger partial charge in [-0.25, -0.2) is 4.98 Å². The Morgan fingerprint density at radius 1 is 1.26 bits per heavy atom. The maximum Gasteiger partial charge on any atom is 0.253 e. The predicted octanol–water partition coefficient (Wildman–Crippen LogP) is 3.67. The minimum Gasteiger partial charge on any atom is -0.490 e. The van der Waals surface area contributed by atoms with E-state index in [1.807, 2.05) is 24.3 Å². The number of carbonyl (C=O) groups excluding carboxylic acids is 1. The van der Waals surface area contributed by atoms with Crippen LogP contribution in [0.15, 0.2) is 42.6 Å². The molecule has 2 aliphatic heterocycles. The fraction of sp³-hybridized carbons (Fsp3) is 0.429. The highest BCUT2D eigenvalue weighted by Crippen LogP contribution is 2.36. The van der Waals surface area contributed by atoms with Crippen LogP contribution >= 0.6 is 11.6 Å². The van der Waals surface area contributed by atoms with Crippen LogP contribution < -0.4 is 10.1 Å². The molecule has 0 spiro atoms. The van der Waals surface area contributed by atoms with Crippen molar-refractivity contribution in [2.75, 3.05) is 7.05 Å². The number of amides is 1. The van der Waals surface area contributed by atoms with E-state index in [1.54, 1.807) is 12.1 Å². The van der Waals surface area contributed by atoms with Crippen LogP contribution in [0.1, 0.15) is 41.6 Å². The van der Waals surface area contributed by atoms with Crippen molar-refractivity contribution in [1.82, 2.24) is 15.2 Å². The summed E-state index contributed by atoms with van der Waals surface area (Å²) in [7, 11) is 2.23. The molecule has 2 aliphatic rings. The van der Waals surface area contributed by atoms with Gasteiger partial charge < -0.3 is 15.0 Å². The molecule has 2 fully saturated rings. The van der Waals surface area contributed by atoms with Crippen molar-refractivity contribution >= 4 is 17.5 Å². The van der Waals surface area contributed by atoms with Gasteiger partial charge in [0.15, 0.2) is 0 Å². The Kier molecular flexibility index (Phi) is 5.32. The maximum atomic E-state index is 12.2. The molecule has 0 aliphatic carbocycles. The van der Waals surface area contributed by atoms with Crippen LogP contribution in [0.2, 0.25) is 5.15 Å². The van der Waals surface area contributed by atoms with Gasteiger partial charge in [-0.3, -0.25) is 4.79 Å². The Morgan fingerprint density at radius 2 is 2.04 bits per heavy atom. The number of carbonyl (C=O) groups is 1. The number of halogens is 1. The van der Waals surface area contributed by atoms with Gasteiger partial charge in [-0.2, -0.15) is 0 Å². The van der Waals surface area contributed by atoms with Crippen LogP contribution in [-0.4, -0.2) is 41.0 Å². The topological polar surface area (TPSA) is 54.5 Å². The van der Waals surface area contributed by atoms with Crippen LogP contribution in [0.25, 0.3) is 0 Å². The minimum atomic E-state index is -0.169. The van der Waals surface area contributed by atoms with E-state index in [-0.39, 0.29) is 12.0 Å². The highest BCUT2D eigenvalue weighted by atomic mass is 35.5. The lowest BCUT2D eigenvalue weighted by Gasteiger charge is -2.36. The molecule has 2 saturated heterocycles. The van der Waals surface area contributed by atoms with Crippen molar-refractivity contribution in [2.24, 2.45) is 0 Å². The highest BCUT2D eigenvalue weighted by Gasteiger charge is 2.39. The van der Waals surface area contributed by atoms with Crippen molar-refractivity contribution in [3.63, 3.8) is 0 Å². The number of fused-ring (bicyclic) bond motifs is 2. The number of hydrogen-bond donors (Lipinski definition) is 1. The van der Waals surface area contributed by atoms with Crippen LogP contribution in [-0.2, 0) is 6.54 Å². The number of rotatable bonds is 5. The van der Waals surface area contributed by atoms with Crippen molar-refractivity contribution in [3.8, 4) is 5.75 Å². The number of pyridine rings is 1. The fourth-order valence-corrected chi connectivity index (χ4v) is 4.29. The van der Waals surface area contributed by atoms with Gasteiger partial charge in [-0.05, 0) is 62.6 Å². The minimum absolute atomic E-state index is 0.169. The molecule has 2 atom stereocenters. The molecule has 3 heterocycles. The SMILES string of the molecule is CN1[C@H]2CC[C@H]1CC(Oc1cccc(CNC(=O)c3ccc(Cl)nc3)c1)C2. The second kappa shape index (κ2) is 7.87. The van der Waals surface area contributed by atoms with Crippen LogP contribution in [0.3, 0.4) is 0 Å². The van der Waals surface area contributed by atoms with Crippen LogP contribution in [0.5, 0.6) is 5.75 Å². The lowest BCUT2D eigenvalue weighted by atomic mass is 10.0. The molecule has 0 unspecified atom stereocenters. The molecule has 5 nitrogen and oxygen atoms in total. The fourth-order valence-electron chi connectivity index (χ4n) is 4.17. The first-order valence-corrected chi connectivity index (χ1v) is 9.83. The summed E-state index contributed by atoms with van der Waals surface area (Å²) in [5.41, 5.74) is 1.51. The normalized spacial score (nSPS) is 24.6. The Morgan fingerprint density at radius 3 is 2.74 bits per heavy atom.